The van der Waals surface area contributed by atoms with E-state index in [1.165, 1.54) is 167 Å². The highest BCUT2D eigenvalue weighted by molar-refractivity contribution is 7.47. The van der Waals surface area contributed by atoms with E-state index in [1.54, 1.807) is 0 Å². The van der Waals surface area contributed by atoms with E-state index in [9.17, 15) is 47.7 Å². The van der Waals surface area contributed by atoms with Crippen molar-refractivity contribution < 1.29 is 84.7 Å². The zero-order chi connectivity index (χ0) is 82.9. The van der Waals surface area contributed by atoms with Crippen molar-refractivity contribution in [1.29, 1.82) is 0 Å². The fraction of sp³-hybridized carbons (Fsp3) is 0.888. The van der Waals surface area contributed by atoms with Crippen LogP contribution in [0.5, 0.6) is 0 Å². The van der Waals surface area contributed by atoms with Gasteiger partial charge in [0.05, 0.1) is 64.9 Å². The Kier molecular flexibility index (Phi) is 79.6. The number of ether oxygens (including phenoxy) is 4. The minimum atomic E-state index is -4.74. The normalized spacial score (nSPS) is 13.9. The van der Waals surface area contributed by atoms with Crippen LogP contribution in [0.2, 0.25) is 0 Å². The number of carbonyl (C=O) groups is 6. The summed E-state index contributed by atoms with van der Waals surface area (Å²) in [6.07, 6.45) is 66.8. The first-order valence-electron chi connectivity index (χ1n) is 46.1. The lowest BCUT2D eigenvalue weighted by atomic mass is 10.0. The van der Waals surface area contributed by atoms with E-state index in [0.717, 1.165) is 128 Å². The summed E-state index contributed by atoms with van der Waals surface area (Å²) in [6.45, 7) is 11.2. The third-order valence-electron chi connectivity index (χ3n) is 20.2. The molecule has 4 amide bonds. The average molecular weight is 1650 g/mol. The van der Waals surface area contributed by atoms with E-state index in [-0.39, 0.29) is 88.3 Å². The Morgan fingerprint density at radius 2 is 0.575 bits per heavy atom. The Morgan fingerprint density at radius 1 is 0.301 bits per heavy atom. The van der Waals surface area contributed by atoms with Crippen molar-refractivity contribution in [3.05, 3.63) is 24.3 Å². The van der Waals surface area contributed by atoms with Crippen molar-refractivity contribution in [2.45, 2.75) is 445 Å². The molecular weight excluding hydrogens is 1470 g/mol. The predicted octanol–water partition coefficient (Wildman–Crippen LogP) is 22.6. The Morgan fingerprint density at radius 3 is 0.885 bits per heavy atom. The largest absolute Gasteiger partial charge is 0.472 e. The van der Waals surface area contributed by atoms with Gasteiger partial charge in [0.25, 0.3) is 0 Å². The summed E-state index contributed by atoms with van der Waals surface area (Å²) in [5.41, 5.74) is 0. The molecule has 6 atom stereocenters. The molecule has 0 spiro atoms. The molecule has 113 heavy (non-hydrogen) atoms. The maximum Gasteiger partial charge on any atom is 0.472 e. The van der Waals surface area contributed by atoms with Crippen LogP contribution < -0.4 is 21.3 Å². The summed E-state index contributed by atoms with van der Waals surface area (Å²) >= 11 is 0. The number of phosphoric ester groups is 2. The molecule has 0 rings (SSSR count). The number of esters is 2. The van der Waals surface area contributed by atoms with E-state index in [4.69, 9.17) is 37.0 Å². The average Bonchev–Trinajstić information content (AvgIpc) is 0.911. The molecule has 4 unspecified atom stereocenters. The van der Waals surface area contributed by atoms with Gasteiger partial charge in [-0.1, -0.05) is 310 Å². The first kappa shape index (κ1) is 109. The van der Waals surface area contributed by atoms with Gasteiger partial charge in [-0.2, -0.15) is 0 Å². The number of carbonyl (C=O) groups excluding carboxylic acids is 6. The summed E-state index contributed by atoms with van der Waals surface area (Å²) in [6, 6.07) is -1.65. The van der Waals surface area contributed by atoms with E-state index in [1.807, 2.05) is 0 Å². The highest BCUT2D eigenvalue weighted by Gasteiger charge is 2.27. The first-order valence-corrected chi connectivity index (χ1v) is 49.1. The summed E-state index contributed by atoms with van der Waals surface area (Å²) in [5.74, 6) is -2.44. The molecule has 0 aliphatic heterocycles. The molecule has 0 saturated heterocycles. The van der Waals surface area contributed by atoms with Crippen molar-refractivity contribution in [2.24, 2.45) is 0 Å². The Hall–Kier alpha value is -3.56. The molecule has 0 saturated carbocycles. The Bertz CT molecular complexity index is 2230. The molecule has 0 fully saturated rings. The number of hydrogen-bond donors (Lipinski definition) is 6. The fourth-order valence-corrected chi connectivity index (χ4v) is 14.8. The molecule has 0 aromatic heterocycles. The van der Waals surface area contributed by atoms with Crippen molar-refractivity contribution in [3.8, 4) is 0 Å². The van der Waals surface area contributed by atoms with Crippen LogP contribution in [0, 0.1) is 0 Å². The van der Waals surface area contributed by atoms with E-state index < -0.39 is 72.4 Å². The van der Waals surface area contributed by atoms with Gasteiger partial charge in [0.2, 0.25) is 23.6 Å². The Balaban J connectivity index is 5.58. The predicted molar refractivity (Wildman–Crippen MR) is 459 cm³/mol. The molecule has 0 aliphatic rings. The monoisotopic (exact) mass is 1650 g/mol. The van der Waals surface area contributed by atoms with Crippen molar-refractivity contribution in [3.63, 3.8) is 0 Å². The number of rotatable bonds is 88. The second kappa shape index (κ2) is 82.2. The zero-order valence-corrected chi connectivity index (χ0v) is 74.5. The highest BCUT2D eigenvalue weighted by Crippen LogP contribution is 2.44. The van der Waals surface area contributed by atoms with E-state index in [2.05, 4.69) is 87.1 Å². The van der Waals surface area contributed by atoms with Gasteiger partial charge in [-0.15, -0.1) is 0 Å². The smallest absolute Gasteiger partial charge is 0.462 e. The number of amides is 4. The van der Waals surface area contributed by atoms with Gasteiger partial charge in [-0.3, -0.25) is 46.9 Å². The molecule has 0 bridgehead atoms. The summed E-state index contributed by atoms with van der Waals surface area (Å²) < 4.78 is 71.6. The summed E-state index contributed by atoms with van der Waals surface area (Å²) in [7, 11) is -9.48. The van der Waals surface area contributed by atoms with Gasteiger partial charge in [-0.05, 0) is 89.9 Å². The van der Waals surface area contributed by atoms with E-state index in [0.29, 0.717) is 64.2 Å². The lowest BCUT2D eigenvalue weighted by Gasteiger charge is -2.22. The standard InChI is InChI=1S/C89H170N4O18P2/c1-7-13-19-25-29-33-35-37-39-43-45-51-57-63-84(94)92-80(76-104-71-67-82(61-55-49-23-17-11-5)110-88(98)65-59-53-47-41-31-27-21-15-9-3)78-108-112(100,101)106-73-69-90-86(96)75-87(97)91-70-74-107-113(102,103)109-79-81(93-85(95)64-58-52-46-44-40-38-36-34-30-26-20-14-8-2)77-105-72-68-83(62-56-50-24-18-12-6)111-89(99)66-60-54-48-42-32-28-22-16-10-4/h41-42,47-48,80-83H,7-40,43-46,49-79H2,1-6H3,(H,90,96)(H,91,97)(H,92,94)(H,93,95)(H,100,101)(H,102,103)/t80?,81?,82-,83-/m1/s1. The Labute approximate surface area is 688 Å². The number of unbranched alkanes of at least 4 members (excludes halogenated alkanes) is 42. The second-order valence-electron chi connectivity index (χ2n) is 31.4. The third-order valence-corrected chi connectivity index (χ3v) is 22.2. The van der Waals surface area contributed by atoms with Crippen molar-refractivity contribution in [1.82, 2.24) is 21.3 Å². The highest BCUT2D eigenvalue weighted by atomic mass is 31.2. The molecule has 0 heterocycles. The third kappa shape index (κ3) is 79.3. The fourth-order valence-electron chi connectivity index (χ4n) is 13.3. The van der Waals surface area contributed by atoms with Crippen LogP contribution in [-0.4, -0.2) is 136 Å². The molecule has 0 aliphatic carbocycles. The summed E-state index contributed by atoms with van der Waals surface area (Å²) in [4.78, 5) is 99.7. The molecule has 6 N–H and O–H groups in total. The lowest BCUT2D eigenvalue weighted by Crippen LogP contribution is -2.41. The topological polar surface area (TPSA) is 299 Å². The van der Waals surface area contributed by atoms with Crippen LogP contribution in [0.25, 0.3) is 0 Å². The molecule has 24 heteroatoms. The maximum atomic E-state index is 13.3. The molecule has 664 valence electrons. The zero-order valence-electron chi connectivity index (χ0n) is 72.7. The number of hydrogen-bond acceptors (Lipinski definition) is 16. The van der Waals surface area contributed by atoms with Gasteiger partial charge < -0.3 is 50.0 Å². The van der Waals surface area contributed by atoms with Gasteiger partial charge in [0.1, 0.15) is 18.6 Å². The van der Waals surface area contributed by atoms with Gasteiger partial charge in [0, 0.05) is 51.6 Å². The minimum Gasteiger partial charge on any atom is -0.462 e. The number of nitrogens with one attached hydrogen (secondary N) is 4. The number of allylic oxidation sites excluding steroid dienone is 4. The van der Waals surface area contributed by atoms with Crippen LogP contribution in [0.1, 0.15) is 420 Å². The minimum absolute atomic E-state index is 0.0531. The van der Waals surface area contributed by atoms with Crippen LogP contribution in [-0.2, 0) is 74.9 Å². The molecule has 0 aromatic carbocycles. The van der Waals surface area contributed by atoms with Gasteiger partial charge in [0.15, 0.2) is 0 Å². The number of phosphoric acid groups is 2. The van der Waals surface area contributed by atoms with Gasteiger partial charge in [-0.25, -0.2) is 9.13 Å². The molecule has 22 nitrogen and oxygen atoms in total. The van der Waals surface area contributed by atoms with Crippen LogP contribution in [0.15, 0.2) is 24.3 Å². The SMILES string of the molecule is CCCCCCC=CCCCC(=O)O[C@H](CCCCCCC)CCOCC(COP(=O)(O)OCCNC(=O)CC(=O)NCCOP(=O)(O)OCC(COCC[C@@H](CCCCCCC)OC(=O)CCCC=CCCCCCC)NC(=O)CCCCCCCCCCCCCCC)NC(=O)CCCCCCCCCCCCCCC. The molecular formula is C89H170N4O18P2. The maximum absolute atomic E-state index is 13.3. The molecule has 0 aromatic rings. The van der Waals surface area contributed by atoms with Crippen LogP contribution in [0.4, 0.5) is 0 Å². The van der Waals surface area contributed by atoms with Crippen molar-refractivity contribution >= 4 is 51.2 Å². The lowest BCUT2D eigenvalue weighted by molar-refractivity contribution is -0.151. The quantitative estimate of drug-likeness (QED) is 0.0108. The molecule has 0 radical (unpaired) electrons. The van der Waals surface area contributed by atoms with Crippen LogP contribution >= 0.6 is 15.6 Å². The van der Waals surface area contributed by atoms with Crippen LogP contribution in [0.3, 0.4) is 0 Å². The van der Waals surface area contributed by atoms with E-state index >= 15 is 0 Å². The van der Waals surface area contributed by atoms with Crippen molar-refractivity contribution in [2.75, 3.05) is 65.9 Å². The summed E-state index contributed by atoms with van der Waals surface area (Å²) in [5, 5.41) is 10.7. The second-order valence-corrected chi connectivity index (χ2v) is 34.3. The first-order chi connectivity index (χ1) is 54.9. The van der Waals surface area contributed by atoms with Gasteiger partial charge >= 0.3 is 27.6 Å².